The van der Waals surface area contributed by atoms with E-state index >= 15 is 0 Å². The summed E-state index contributed by atoms with van der Waals surface area (Å²) >= 11 is 6.09. The number of carbonyl (C=O) groups excluding carboxylic acids is 2. The molecule has 1 atom stereocenters. The Hall–Kier alpha value is -2.73. The Balaban J connectivity index is 1.75. The molecule has 29 heavy (non-hydrogen) atoms. The van der Waals surface area contributed by atoms with E-state index in [-0.39, 0.29) is 18.2 Å². The summed E-state index contributed by atoms with van der Waals surface area (Å²) in [6.45, 7) is 2.63. The number of benzene rings is 2. The first kappa shape index (κ1) is 21.0. The molecule has 7 heteroatoms. The Morgan fingerprint density at radius 3 is 2.55 bits per heavy atom. The predicted octanol–water partition coefficient (Wildman–Crippen LogP) is 3.68. The van der Waals surface area contributed by atoms with Crippen molar-refractivity contribution in [2.45, 2.75) is 19.9 Å². The Kier molecular flexibility index (Phi) is 6.33. The maximum absolute atomic E-state index is 13.0. The number of amides is 2. The molecule has 2 amide bonds. The van der Waals surface area contributed by atoms with Gasteiger partial charge in [0.25, 0.3) is 0 Å². The molecule has 3 rings (SSSR count). The van der Waals surface area contributed by atoms with Gasteiger partial charge < -0.3 is 19.3 Å². The van der Waals surface area contributed by atoms with Crippen molar-refractivity contribution in [2.75, 3.05) is 32.7 Å². The summed E-state index contributed by atoms with van der Waals surface area (Å²) in [6, 6.07) is 11.0. The van der Waals surface area contributed by atoms with Gasteiger partial charge in [0, 0.05) is 37.1 Å². The molecule has 0 spiro atoms. The second-order valence-electron chi connectivity index (χ2n) is 7.23. The zero-order chi connectivity index (χ0) is 21.1. The first-order valence-corrected chi connectivity index (χ1v) is 9.74. The van der Waals surface area contributed by atoms with Crippen LogP contribution in [0.5, 0.6) is 11.5 Å². The first-order chi connectivity index (χ1) is 13.8. The summed E-state index contributed by atoms with van der Waals surface area (Å²) in [4.78, 5) is 28.9. The topological polar surface area (TPSA) is 59.1 Å². The minimum atomic E-state index is -0.414. The zero-order valence-corrected chi connectivity index (χ0v) is 17.8. The van der Waals surface area contributed by atoms with Crippen LogP contribution in [0.4, 0.5) is 5.69 Å². The van der Waals surface area contributed by atoms with Gasteiger partial charge in [-0.2, -0.15) is 0 Å². The van der Waals surface area contributed by atoms with E-state index in [1.807, 2.05) is 25.1 Å². The molecule has 1 heterocycles. The lowest BCUT2D eigenvalue weighted by atomic mass is 10.1. The SMILES string of the molecule is COc1ccc(Cl)cc1CN(C)C(=O)C1CC(=O)N(c2cc(C)ccc2OC)C1. The fraction of sp³-hybridized carbons (Fsp3) is 0.364. The van der Waals surface area contributed by atoms with E-state index < -0.39 is 5.92 Å². The van der Waals surface area contributed by atoms with Crippen LogP contribution in [0.3, 0.4) is 0 Å². The van der Waals surface area contributed by atoms with Gasteiger partial charge in [-0.15, -0.1) is 0 Å². The molecular weight excluding hydrogens is 392 g/mol. The fourth-order valence-electron chi connectivity index (χ4n) is 3.63. The lowest BCUT2D eigenvalue weighted by molar-refractivity contribution is -0.135. The number of halogens is 1. The molecule has 0 saturated carbocycles. The van der Waals surface area contributed by atoms with Crippen LogP contribution in [-0.2, 0) is 16.1 Å². The third-order valence-corrected chi connectivity index (χ3v) is 5.36. The highest BCUT2D eigenvalue weighted by atomic mass is 35.5. The molecule has 1 unspecified atom stereocenters. The monoisotopic (exact) mass is 416 g/mol. The second-order valence-corrected chi connectivity index (χ2v) is 7.67. The van der Waals surface area contributed by atoms with E-state index in [2.05, 4.69) is 0 Å². The van der Waals surface area contributed by atoms with E-state index in [0.717, 1.165) is 11.1 Å². The highest BCUT2D eigenvalue weighted by molar-refractivity contribution is 6.30. The molecule has 2 aromatic rings. The van der Waals surface area contributed by atoms with Crippen LogP contribution < -0.4 is 14.4 Å². The highest BCUT2D eigenvalue weighted by Gasteiger charge is 2.37. The van der Waals surface area contributed by atoms with Crippen molar-refractivity contribution in [1.29, 1.82) is 0 Å². The number of ether oxygens (including phenoxy) is 2. The Labute approximate surface area is 176 Å². The Morgan fingerprint density at radius 2 is 1.86 bits per heavy atom. The average molecular weight is 417 g/mol. The third-order valence-electron chi connectivity index (χ3n) is 5.13. The summed E-state index contributed by atoms with van der Waals surface area (Å²) in [5, 5.41) is 0.579. The molecular formula is C22H25ClN2O4. The van der Waals surface area contributed by atoms with Crippen LogP contribution in [0.1, 0.15) is 17.5 Å². The molecule has 2 aromatic carbocycles. The number of methoxy groups -OCH3 is 2. The van der Waals surface area contributed by atoms with Crippen molar-refractivity contribution in [2.24, 2.45) is 5.92 Å². The van der Waals surface area contributed by atoms with Crippen molar-refractivity contribution in [3.8, 4) is 11.5 Å². The largest absolute Gasteiger partial charge is 0.496 e. The maximum atomic E-state index is 13.0. The van der Waals surface area contributed by atoms with Gasteiger partial charge >= 0.3 is 0 Å². The summed E-state index contributed by atoms with van der Waals surface area (Å²) in [5.74, 6) is 0.704. The number of rotatable bonds is 6. The predicted molar refractivity (Wildman–Crippen MR) is 113 cm³/mol. The molecule has 1 fully saturated rings. The number of aryl methyl sites for hydroxylation is 1. The molecule has 0 radical (unpaired) electrons. The Morgan fingerprint density at radius 1 is 1.17 bits per heavy atom. The van der Waals surface area contributed by atoms with Gasteiger partial charge in [0.15, 0.2) is 0 Å². The maximum Gasteiger partial charge on any atom is 0.228 e. The van der Waals surface area contributed by atoms with Gasteiger partial charge in [0.1, 0.15) is 11.5 Å². The number of hydrogen-bond acceptors (Lipinski definition) is 4. The lowest BCUT2D eigenvalue weighted by Gasteiger charge is -2.23. The standard InChI is InChI=1S/C22H25ClN2O4/c1-14-5-7-20(29-4)18(9-14)25-13-16(11-21(25)26)22(27)24(2)12-15-10-17(23)6-8-19(15)28-3/h5-10,16H,11-13H2,1-4H3. The summed E-state index contributed by atoms with van der Waals surface area (Å²) < 4.78 is 10.8. The molecule has 0 aromatic heterocycles. The molecule has 6 nitrogen and oxygen atoms in total. The van der Waals surface area contributed by atoms with Crippen LogP contribution in [0.2, 0.25) is 5.02 Å². The Bertz CT molecular complexity index is 931. The number of carbonyl (C=O) groups is 2. The molecule has 154 valence electrons. The normalized spacial score (nSPS) is 16.1. The first-order valence-electron chi connectivity index (χ1n) is 9.36. The number of hydrogen-bond donors (Lipinski definition) is 0. The number of nitrogens with zero attached hydrogens (tertiary/aromatic N) is 2. The molecule has 0 aliphatic carbocycles. The van der Waals surface area contributed by atoms with Gasteiger partial charge in [0.2, 0.25) is 11.8 Å². The summed E-state index contributed by atoms with van der Waals surface area (Å²) in [7, 11) is 4.88. The summed E-state index contributed by atoms with van der Waals surface area (Å²) in [5.41, 5.74) is 2.54. The van der Waals surface area contributed by atoms with Gasteiger partial charge in [-0.3, -0.25) is 9.59 Å². The number of anilines is 1. The van der Waals surface area contributed by atoms with Crippen LogP contribution in [0.15, 0.2) is 36.4 Å². The van der Waals surface area contributed by atoms with E-state index in [1.54, 1.807) is 49.3 Å². The van der Waals surface area contributed by atoms with E-state index in [1.165, 1.54) is 0 Å². The van der Waals surface area contributed by atoms with E-state index in [4.69, 9.17) is 21.1 Å². The van der Waals surface area contributed by atoms with Crippen LogP contribution in [0.25, 0.3) is 0 Å². The molecule has 1 aliphatic heterocycles. The van der Waals surface area contributed by atoms with Crippen LogP contribution in [0, 0.1) is 12.8 Å². The summed E-state index contributed by atoms with van der Waals surface area (Å²) in [6.07, 6.45) is 0.174. The van der Waals surface area contributed by atoms with Crippen molar-refractivity contribution in [3.63, 3.8) is 0 Å². The van der Waals surface area contributed by atoms with E-state index in [0.29, 0.717) is 35.3 Å². The fourth-order valence-corrected chi connectivity index (χ4v) is 3.83. The minimum absolute atomic E-state index is 0.0824. The van der Waals surface area contributed by atoms with Crippen molar-refractivity contribution >= 4 is 29.1 Å². The van der Waals surface area contributed by atoms with Crippen molar-refractivity contribution in [3.05, 3.63) is 52.5 Å². The zero-order valence-electron chi connectivity index (χ0n) is 17.1. The van der Waals surface area contributed by atoms with Crippen LogP contribution >= 0.6 is 11.6 Å². The van der Waals surface area contributed by atoms with Gasteiger partial charge in [-0.05, 0) is 42.8 Å². The average Bonchev–Trinajstić information content (AvgIpc) is 3.09. The molecule has 1 aliphatic rings. The molecule has 0 N–H and O–H groups in total. The smallest absolute Gasteiger partial charge is 0.228 e. The quantitative estimate of drug-likeness (QED) is 0.720. The van der Waals surface area contributed by atoms with Crippen molar-refractivity contribution < 1.29 is 19.1 Å². The van der Waals surface area contributed by atoms with Crippen LogP contribution in [-0.4, -0.2) is 44.5 Å². The molecule has 1 saturated heterocycles. The lowest BCUT2D eigenvalue weighted by Crippen LogP contribution is -2.34. The molecule has 0 bridgehead atoms. The highest BCUT2D eigenvalue weighted by Crippen LogP contribution is 2.34. The minimum Gasteiger partial charge on any atom is -0.496 e. The second kappa shape index (κ2) is 8.74. The third kappa shape index (κ3) is 4.48. The van der Waals surface area contributed by atoms with Gasteiger partial charge in [0.05, 0.1) is 25.8 Å². The van der Waals surface area contributed by atoms with Gasteiger partial charge in [-0.25, -0.2) is 0 Å². The van der Waals surface area contributed by atoms with E-state index in [9.17, 15) is 9.59 Å². The van der Waals surface area contributed by atoms with Gasteiger partial charge in [-0.1, -0.05) is 17.7 Å². The van der Waals surface area contributed by atoms with Crippen molar-refractivity contribution in [1.82, 2.24) is 4.90 Å².